The van der Waals surface area contributed by atoms with E-state index in [-0.39, 0.29) is 6.10 Å². The van der Waals surface area contributed by atoms with E-state index in [1.807, 2.05) is 0 Å². The van der Waals surface area contributed by atoms with Gasteiger partial charge in [-0.2, -0.15) is 0 Å². The minimum Gasteiger partial charge on any atom is -0.470 e. The maximum absolute atomic E-state index is 6.19. The van der Waals surface area contributed by atoms with Crippen LogP contribution >= 0.6 is 0 Å². The number of oxime groups is 1. The summed E-state index contributed by atoms with van der Waals surface area (Å²) >= 11 is 0. The number of likely N-dealkylation sites (tertiary alicyclic amines) is 2. The van der Waals surface area contributed by atoms with E-state index in [0.717, 1.165) is 38.4 Å². The predicted molar refractivity (Wildman–Crippen MR) is 88.0 cm³/mol. The van der Waals surface area contributed by atoms with Gasteiger partial charge in [-0.05, 0) is 65.7 Å². The molecule has 3 rings (SSSR count). The molecule has 0 spiro atoms. The van der Waals surface area contributed by atoms with Crippen LogP contribution in [0, 0.1) is 5.92 Å². The van der Waals surface area contributed by atoms with Crippen molar-refractivity contribution in [2.24, 2.45) is 11.1 Å². The summed E-state index contributed by atoms with van der Waals surface area (Å²) in [4.78, 5) is 10.5. The molecule has 0 aromatic carbocycles. The Kier molecular flexibility index (Phi) is 5.58. The molecule has 0 aromatic heterocycles. The van der Waals surface area contributed by atoms with Crippen LogP contribution in [0.1, 0.15) is 46.0 Å². The van der Waals surface area contributed by atoms with Gasteiger partial charge in [-0.15, -0.1) is 0 Å². The lowest BCUT2D eigenvalue weighted by Gasteiger charge is -2.37. The molecule has 3 heterocycles. The van der Waals surface area contributed by atoms with Gasteiger partial charge in [0.1, 0.15) is 6.10 Å². The summed E-state index contributed by atoms with van der Waals surface area (Å²) in [6, 6.07) is 0.637. The van der Waals surface area contributed by atoms with Gasteiger partial charge in [0.25, 0.3) is 0 Å². The fourth-order valence-corrected chi connectivity index (χ4v) is 3.76. The number of hydrogen-bond donors (Lipinski definition) is 0. The predicted octanol–water partition coefficient (Wildman–Crippen LogP) is 2.32. The molecule has 0 N–H and O–H groups in total. The maximum atomic E-state index is 6.19. The Hall–Kier alpha value is -0.810. The smallest absolute Gasteiger partial charge is 0.229 e. The van der Waals surface area contributed by atoms with Crippen LogP contribution < -0.4 is 0 Å². The zero-order chi connectivity index (χ0) is 15.4. The number of rotatable bonds is 4. The molecule has 126 valence electrons. The molecular weight excluding hydrogens is 278 g/mol. The van der Waals surface area contributed by atoms with Crippen molar-refractivity contribution in [2.45, 2.75) is 58.1 Å². The third kappa shape index (κ3) is 4.13. The van der Waals surface area contributed by atoms with E-state index in [0.29, 0.717) is 18.6 Å². The van der Waals surface area contributed by atoms with E-state index in [1.54, 1.807) is 0 Å². The minimum atomic E-state index is 0.161. The van der Waals surface area contributed by atoms with Gasteiger partial charge >= 0.3 is 0 Å². The standard InChI is InChI=1S/C17H31N3O2/c1-14(2)20-10-6-15(7-11-20)17-18-21-13-16(22-17)12-19-8-4-3-5-9-19/h14-16H,3-13H2,1-2H3. The van der Waals surface area contributed by atoms with Crippen molar-refractivity contribution in [3.8, 4) is 0 Å². The van der Waals surface area contributed by atoms with E-state index in [1.165, 1.54) is 32.4 Å². The van der Waals surface area contributed by atoms with E-state index < -0.39 is 0 Å². The molecule has 22 heavy (non-hydrogen) atoms. The highest BCUT2D eigenvalue weighted by Gasteiger charge is 2.31. The molecule has 0 saturated carbocycles. The van der Waals surface area contributed by atoms with Gasteiger partial charge in [0.15, 0.2) is 6.61 Å². The Balaban J connectivity index is 1.47. The van der Waals surface area contributed by atoms with Gasteiger partial charge in [0.05, 0.1) is 0 Å². The van der Waals surface area contributed by atoms with Crippen LogP contribution in [-0.4, -0.2) is 67.2 Å². The molecule has 2 saturated heterocycles. The second-order valence-corrected chi connectivity index (χ2v) is 7.23. The van der Waals surface area contributed by atoms with Crippen molar-refractivity contribution in [3.05, 3.63) is 0 Å². The largest absolute Gasteiger partial charge is 0.470 e. The first-order valence-electron chi connectivity index (χ1n) is 9.05. The molecule has 3 aliphatic heterocycles. The third-order valence-electron chi connectivity index (χ3n) is 5.22. The van der Waals surface area contributed by atoms with E-state index in [9.17, 15) is 0 Å². The molecule has 0 aliphatic carbocycles. The van der Waals surface area contributed by atoms with Gasteiger partial charge in [-0.1, -0.05) is 11.6 Å². The van der Waals surface area contributed by atoms with Crippen LogP contribution in [0.4, 0.5) is 0 Å². The highest BCUT2D eigenvalue weighted by molar-refractivity contribution is 5.78. The first-order chi connectivity index (χ1) is 10.7. The lowest BCUT2D eigenvalue weighted by atomic mass is 9.95. The summed E-state index contributed by atoms with van der Waals surface area (Å²) in [6.45, 7) is 10.8. The van der Waals surface area contributed by atoms with Crippen LogP contribution in [0.15, 0.2) is 5.16 Å². The highest BCUT2D eigenvalue weighted by atomic mass is 16.7. The average Bonchev–Trinajstić information content (AvgIpc) is 2.56. The Morgan fingerprint density at radius 1 is 1.09 bits per heavy atom. The Bertz CT molecular complexity index is 372. The number of ether oxygens (including phenoxy) is 1. The summed E-state index contributed by atoms with van der Waals surface area (Å²) < 4.78 is 6.19. The third-order valence-corrected chi connectivity index (χ3v) is 5.22. The molecule has 0 radical (unpaired) electrons. The second kappa shape index (κ2) is 7.64. The van der Waals surface area contributed by atoms with E-state index in [4.69, 9.17) is 9.57 Å². The minimum absolute atomic E-state index is 0.161. The van der Waals surface area contributed by atoms with Crippen molar-refractivity contribution in [3.63, 3.8) is 0 Å². The van der Waals surface area contributed by atoms with Gasteiger partial charge in [-0.3, -0.25) is 4.90 Å². The second-order valence-electron chi connectivity index (χ2n) is 7.23. The van der Waals surface area contributed by atoms with Crippen molar-refractivity contribution in [1.29, 1.82) is 0 Å². The van der Waals surface area contributed by atoms with E-state index in [2.05, 4.69) is 28.8 Å². The molecule has 3 aliphatic rings. The topological polar surface area (TPSA) is 37.3 Å². The Labute approximate surface area is 134 Å². The van der Waals surface area contributed by atoms with Crippen LogP contribution in [0.25, 0.3) is 0 Å². The molecule has 1 atom stereocenters. The summed E-state index contributed by atoms with van der Waals surface area (Å²) in [7, 11) is 0. The summed E-state index contributed by atoms with van der Waals surface area (Å²) in [5.74, 6) is 1.30. The molecule has 1 unspecified atom stereocenters. The fourth-order valence-electron chi connectivity index (χ4n) is 3.76. The molecule has 0 aromatic rings. The number of piperidine rings is 2. The first kappa shape index (κ1) is 16.1. The van der Waals surface area contributed by atoms with Gasteiger partial charge in [-0.25, -0.2) is 0 Å². The van der Waals surface area contributed by atoms with Crippen molar-refractivity contribution in [2.75, 3.05) is 39.3 Å². The van der Waals surface area contributed by atoms with Crippen LogP contribution in [-0.2, 0) is 9.57 Å². The molecule has 5 heteroatoms. The van der Waals surface area contributed by atoms with Crippen LogP contribution in [0.2, 0.25) is 0 Å². The van der Waals surface area contributed by atoms with Crippen molar-refractivity contribution in [1.82, 2.24) is 9.80 Å². The Morgan fingerprint density at radius 3 is 2.50 bits per heavy atom. The molecule has 5 nitrogen and oxygen atoms in total. The van der Waals surface area contributed by atoms with Crippen molar-refractivity contribution < 1.29 is 9.57 Å². The Morgan fingerprint density at radius 2 is 1.82 bits per heavy atom. The van der Waals surface area contributed by atoms with Crippen LogP contribution in [0.5, 0.6) is 0 Å². The normalized spacial score (nSPS) is 29.0. The van der Waals surface area contributed by atoms with Crippen molar-refractivity contribution >= 4 is 5.90 Å². The number of hydrogen-bond acceptors (Lipinski definition) is 5. The average molecular weight is 309 g/mol. The van der Waals surface area contributed by atoms with Gasteiger partial charge < -0.3 is 14.5 Å². The maximum Gasteiger partial charge on any atom is 0.229 e. The zero-order valence-corrected chi connectivity index (χ0v) is 14.2. The molecular formula is C17H31N3O2. The quantitative estimate of drug-likeness (QED) is 0.799. The monoisotopic (exact) mass is 309 g/mol. The number of nitrogens with zero attached hydrogens (tertiary/aromatic N) is 3. The summed E-state index contributed by atoms with van der Waals surface area (Å²) in [5.41, 5.74) is 0. The highest BCUT2D eigenvalue weighted by Crippen LogP contribution is 2.23. The molecule has 2 fully saturated rings. The summed E-state index contributed by atoms with van der Waals surface area (Å²) in [6.07, 6.45) is 6.45. The molecule has 0 amide bonds. The lowest BCUT2D eigenvalue weighted by molar-refractivity contribution is -0.0180. The first-order valence-corrected chi connectivity index (χ1v) is 9.05. The van der Waals surface area contributed by atoms with Crippen LogP contribution in [0.3, 0.4) is 0 Å². The molecule has 0 bridgehead atoms. The SMILES string of the molecule is CC(C)N1CCC(C2=NOCC(CN3CCCCC3)O2)CC1. The van der Waals surface area contributed by atoms with E-state index >= 15 is 0 Å². The van der Waals surface area contributed by atoms with Gasteiger partial charge in [0, 0.05) is 18.5 Å². The van der Waals surface area contributed by atoms with Gasteiger partial charge in [0.2, 0.25) is 5.90 Å². The summed E-state index contributed by atoms with van der Waals surface area (Å²) in [5, 5.41) is 4.22. The lowest BCUT2D eigenvalue weighted by Crippen LogP contribution is -2.45. The zero-order valence-electron chi connectivity index (χ0n) is 14.2. The fraction of sp³-hybridized carbons (Fsp3) is 0.941.